The Balaban J connectivity index is 2.77. The summed E-state index contributed by atoms with van der Waals surface area (Å²) in [6.07, 6.45) is -6.75. The minimum atomic E-state index is -4.79. The SMILES string of the molecule is CCCNC(c1ccc(OC(F)(F)F)cc1)C(F)F. The molecular weight excluding hydrogens is 269 g/mol. The van der Waals surface area contributed by atoms with E-state index in [9.17, 15) is 22.0 Å². The number of hydrogen-bond acceptors (Lipinski definition) is 2. The van der Waals surface area contributed by atoms with Gasteiger partial charge < -0.3 is 10.1 Å². The Hall–Kier alpha value is -1.37. The van der Waals surface area contributed by atoms with Gasteiger partial charge in [0.15, 0.2) is 0 Å². The van der Waals surface area contributed by atoms with Crippen LogP contribution in [0.1, 0.15) is 24.9 Å². The van der Waals surface area contributed by atoms with Gasteiger partial charge in [-0.05, 0) is 30.7 Å². The molecule has 1 rings (SSSR count). The average molecular weight is 283 g/mol. The third-order valence-electron chi connectivity index (χ3n) is 2.34. The van der Waals surface area contributed by atoms with Gasteiger partial charge in [-0.25, -0.2) is 8.78 Å². The molecule has 0 bridgehead atoms. The van der Waals surface area contributed by atoms with Gasteiger partial charge in [0.05, 0.1) is 6.04 Å². The van der Waals surface area contributed by atoms with Crippen molar-refractivity contribution in [1.29, 1.82) is 0 Å². The van der Waals surface area contributed by atoms with Gasteiger partial charge in [0.2, 0.25) is 0 Å². The van der Waals surface area contributed by atoms with Crippen molar-refractivity contribution < 1.29 is 26.7 Å². The maximum atomic E-state index is 12.8. The van der Waals surface area contributed by atoms with Gasteiger partial charge in [0.25, 0.3) is 6.43 Å². The normalized spacial score (nSPS) is 13.6. The molecule has 108 valence electrons. The van der Waals surface area contributed by atoms with Crippen molar-refractivity contribution >= 4 is 0 Å². The topological polar surface area (TPSA) is 21.3 Å². The van der Waals surface area contributed by atoms with Crippen LogP contribution in [0.5, 0.6) is 5.75 Å². The van der Waals surface area contributed by atoms with Crippen LogP contribution in [0.2, 0.25) is 0 Å². The van der Waals surface area contributed by atoms with Gasteiger partial charge in [0, 0.05) is 0 Å². The Labute approximate surface area is 107 Å². The third kappa shape index (κ3) is 5.42. The summed E-state index contributed by atoms with van der Waals surface area (Å²) in [5.74, 6) is -0.431. The highest BCUT2D eigenvalue weighted by molar-refractivity contribution is 5.29. The maximum Gasteiger partial charge on any atom is 0.573 e. The van der Waals surface area contributed by atoms with Gasteiger partial charge in [-0.2, -0.15) is 0 Å². The zero-order valence-corrected chi connectivity index (χ0v) is 10.2. The monoisotopic (exact) mass is 283 g/mol. The minimum Gasteiger partial charge on any atom is -0.406 e. The van der Waals surface area contributed by atoms with Crippen LogP contribution in [-0.4, -0.2) is 19.3 Å². The Kier molecular flexibility index (Phi) is 5.53. The fourth-order valence-electron chi connectivity index (χ4n) is 1.53. The summed E-state index contributed by atoms with van der Waals surface area (Å²) >= 11 is 0. The molecule has 0 spiro atoms. The lowest BCUT2D eigenvalue weighted by Gasteiger charge is -2.18. The molecule has 0 aliphatic carbocycles. The molecule has 1 atom stereocenters. The highest BCUT2D eigenvalue weighted by Crippen LogP contribution is 2.26. The molecule has 0 heterocycles. The molecule has 1 unspecified atom stereocenters. The minimum absolute atomic E-state index is 0.220. The quantitative estimate of drug-likeness (QED) is 0.800. The number of nitrogens with one attached hydrogen (secondary N) is 1. The number of benzene rings is 1. The van der Waals surface area contributed by atoms with Crippen LogP contribution in [0.4, 0.5) is 22.0 Å². The zero-order chi connectivity index (χ0) is 14.5. The van der Waals surface area contributed by atoms with Gasteiger partial charge >= 0.3 is 6.36 Å². The predicted molar refractivity (Wildman–Crippen MR) is 60.2 cm³/mol. The fourth-order valence-corrected chi connectivity index (χ4v) is 1.53. The van der Waals surface area contributed by atoms with Crippen molar-refractivity contribution in [1.82, 2.24) is 5.32 Å². The van der Waals surface area contributed by atoms with Crippen LogP contribution in [-0.2, 0) is 0 Å². The Morgan fingerprint density at radius 3 is 2.16 bits per heavy atom. The van der Waals surface area contributed by atoms with Crippen molar-refractivity contribution in [3.05, 3.63) is 29.8 Å². The van der Waals surface area contributed by atoms with Crippen molar-refractivity contribution in [2.75, 3.05) is 6.54 Å². The fraction of sp³-hybridized carbons (Fsp3) is 0.500. The number of rotatable bonds is 6. The molecule has 0 saturated carbocycles. The number of halogens is 5. The lowest BCUT2D eigenvalue weighted by atomic mass is 10.1. The first kappa shape index (κ1) is 15.7. The summed E-state index contributed by atoms with van der Waals surface area (Å²) in [6.45, 7) is 2.23. The van der Waals surface area contributed by atoms with Crippen LogP contribution in [0.3, 0.4) is 0 Å². The molecule has 0 radical (unpaired) electrons. The first-order valence-corrected chi connectivity index (χ1v) is 5.70. The maximum absolute atomic E-state index is 12.8. The van der Waals surface area contributed by atoms with Gasteiger partial charge in [0.1, 0.15) is 5.75 Å². The van der Waals surface area contributed by atoms with E-state index in [1.807, 2.05) is 6.92 Å². The van der Waals surface area contributed by atoms with E-state index in [0.29, 0.717) is 13.0 Å². The molecule has 7 heteroatoms. The lowest BCUT2D eigenvalue weighted by Crippen LogP contribution is -2.28. The van der Waals surface area contributed by atoms with Crippen LogP contribution in [0.25, 0.3) is 0 Å². The van der Waals surface area contributed by atoms with Crippen LogP contribution < -0.4 is 10.1 Å². The summed E-state index contributed by atoms with van der Waals surface area (Å²) in [7, 11) is 0. The first-order valence-electron chi connectivity index (χ1n) is 5.70. The second kappa shape index (κ2) is 6.70. The van der Waals surface area contributed by atoms with Gasteiger partial charge in [-0.15, -0.1) is 13.2 Å². The largest absolute Gasteiger partial charge is 0.573 e. The van der Waals surface area contributed by atoms with Gasteiger partial charge in [-0.3, -0.25) is 0 Å². The number of hydrogen-bond donors (Lipinski definition) is 1. The van der Waals surface area contributed by atoms with E-state index in [1.54, 1.807) is 0 Å². The average Bonchev–Trinajstić information content (AvgIpc) is 2.29. The van der Waals surface area contributed by atoms with Crippen molar-refractivity contribution in [2.24, 2.45) is 0 Å². The molecule has 0 aromatic heterocycles. The summed E-state index contributed by atoms with van der Waals surface area (Å²) in [6, 6.07) is 3.23. The van der Waals surface area contributed by atoms with E-state index in [4.69, 9.17) is 0 Å². The standard InChI is InChI=1S/C12H14F5NO/c1-2-7-18-10(11(13)14)8-3-5-9(6-4-8)19-12(15,16)17/h3-6,10-11,18H,2,7H2,1H3. The summed E-state index contributed by atoms with van der Waals surface area (Å²) in [4.78, 5) is 0. The second-order valence-electron chi connectivity index (χ2n) is 3.88. The smallest absolute Gasteiger partial charge is 0.406 e. The van der Waals surface area contributed by atoms with Gasteiger partial charge in [-0.1, -0.05) is 19.1 Å². The Morgan fingerprint density at radius 2 is 1.74 bits per heavy atom. The predicted octanol–water partition coefficient (Wildman–Crippen LogP) is 3.89. The van der Waals surface area contributed by atoms with Crippen LogP contribution in [0.15, 0.2) is 24.3 Å². The molecule has 0 fully saturated rings. The zero-order valence-electron chi connectivity index (χ0n) is 10.2. The molecular formula is C12H14F5NO. The highest BCUT2D eigenvalue weighted by Gasteiger charge is 2.31. The number of ether oxygens (including phenoxy) is 1. The Morgan fingerprint density at radius 1 is 1.16 bits per heavy atom. The third-order valence-corrected chi connectivity index (χ3v) is 2.34. The van der Waals surface area contributed by atoms with Crippen molar-refractivity contribution in [3.8, 4) is 5.75 Å². The molecule has 0 aliphatic heterocycles. The molecule has 1 aromatic rings. The molecule has 1 N–H and O–H groups in total. The second-order valence-corrected chi connectivity index (χ2v) is 3.88. The van der Waals surface area contributed by atoms with E-state index in [1.165, 1.54) is 12.1 Å². The number of alkyl halides is 5. The molecule has 2 nitrogen and oxygen atoms in total. The van der Waals surface area contributed by atoms with Crippen molar-refractivity contribution in [3.63, 3.8) is 0 Å². The molecule has 0 saturated heterocycles. The van der Waals surface area contributed by atoms with E-state index in [-0.39, 0.29) is 5.56 Å². The van der Waals surface area contributed by atoms with Crippen molar-refractivity contribution in [2.45, 2.75) is 32.2 Å². The van der Waals surface area contributed by atoms with E-state index < -0.39 is 24.6 Å². The highest BCUT2D eigenvalue weighted by atomic mass is 19.4. The molecule has 19 heavy (non-hydrogen) atoms. The summed E-state index contributed by atoms with van der Waals surface area (Å²) < 4.78 is 65.1. The molecule has 0 amide bonds. The lowest BCUT2D eigenvalue weighted by molar-refractivity contribution is -0.274. The first-order chi connectivity index (χ1) is 8.83. The molecule has 1 aromatic carbocycles. The van der Waals surface area contributed by atoms with Crippen LogP contribution in [0, 0.1) is 0 Å². The van der Waals surface area contributed by atoms with Crippen LogP contribution >= 0.6 is 0 Å². The Bertz CT molecular complexity index is 377. The van der Waals surface area contributed by atoms with E-state index in [0.717, 1.165) is 12.1 Å². The van der Waals surface area contributed by atoms with E-state index >= 15 is 0 Å². The van der Waals surface area contributed by atoms with E-state index in [2.05, 4.69) is 10.1 Å². The summed E-state index contributed by atoms with van der Waals surface area (Å²) in [5.41, 5.74) is 0.220. The summed E-state index contributed by atoms with van der Waals surface area (Å²) in [5, 5.41) is 2.64. The molecule has 0 aliphatic rings.